The molecule has 4 heterocycles. The zero-order valence-electron chi connectivity index (χ0n) is 18.5. The molecule has 0 amide bonds. The number of nitrogens with zero attached hydrogens (tertiary/aromatic N) is 3. The van der Waals surface area contributed by atoms with E-state index in [1.54, 1.807) is 6.20 Å². The topological polar surface area (TPSA) is 85.4 Å². The van der Waals surface area contributed by atoms with Crippen molar-refractivity contribution in [1.82, 2.24) is 20.3 Å². The molecular weight excluding hydrogens is 400 g/mol. The van der Waals surface area contributed by atoms with E-state index in [0.29, 0.717) is 17.1 Å². The van der Waals surface area contributed by atoms with Crippen molar-refractivity contribution >= 4 is 28.5 Å². The molecule has 2 aromatic heterocycles. The Morgan fingerprint density at radius 1 is 1.16 bits per heavy atom. The van der Waals surface area contributed by atoms with Crippen LogP contribution in [0.2, 0.25) is 0 Å². The van der Waals surface area contributed by atoms with Crippen LogP contribution in [-0.4, -0.2) is 47.4 Å². The van der Waals surface area contributed by atoms with E-state index >= 15 is 0 Å². The molecule has 1 unspecified atom stereocenters. The number of H-pyrrole nitrogens is 1. The number of nitrogens with one attached hydrogen (secondary N) is 3. The van der Waals surface area contributed by atoms with Gasteiger partial charge < -0.3 is 15.6 Å². The van der Waals surface area contributed by atoms with Gasteiger partial charge in [-0.15, -0.1) is 0 Å². The Kier molecular flexibility index (Phi) is 5.90. The van der Waals surface area contributed by atoms with E-state index in [9.17, 15) is 4.79 Å². The van der Waals surface area contributed by atoms with Gasteiger partial charge in [0.1, 0.15) is 5.82 Å². The van der Waals surface area contributed by atoms with Gasteiger partial charge in [0.15, 0.2) is 0 Å². The minimum Gasteiger partial charge on any atom is -0.340 e. The SMILES string of the molecule is CCCN1CC(c2cc3cc[nH]c(=O)c3c(Nc3ccc(C4CCNCC4)cc3)n2)C=N1. The lowest BCUT2D eigenvalue weighted by Gasteiger charge is -2.23. The van der Waals surface area contributed by atoms with Crippen molar-refractivity contribution in [3.63, 3.8) is 0 Å². The number of anilines is 2. The molecule has 5 rings (SSSR count). The molecular formula is C25H30N6O. The van der Waals surface area contributed by atoms with Crippen LogP contribution in [0, 0.1) is 0 Å². The molecule has 32 heavy (non-hydrogen) atoms. The number of hydrogen-bond acceptors (Lipinski definition) is 6. The number of fused-ring (bicyclic) bond motifs is 1. The van der Waals surface area contributed by atoms with E-state index in [4.69, 9.17) is 4.98 Å². The number of aromatic amines is 1. The summed E-state index contributed by atoms with van der Waals surface area (Å²) in [5.74, 6) is 1.33. The molecule has 1 aromatic carbocycles. The highest BCUT2D eigenvalue weighted by Crippen LogP contribution is 2.30. The van der Waals surface area contributed by atoms with E-state index < -0.39 is 0 Å². The standard InChI is InChI=1S/C25H30N6O/c1-2-13-31-16-20(15-28-31)22-14-19-9-12-27-25(32)23(19)24(30-22)29-21-5-3-17(4-6-21)18-7-10-26-11-8-18/h3-6,9,12,14-15,18,20,26H,2,7-8,10-11,13,16H2,1H3,(H,27,32)(H,29,30). The zero-order valence-corrected chi connectivity index (χ0v) is 18.5. The Hall–Kier alpha value is -3.19. The van der Waals surface area contributed by atoms with E-state index in [1.807, 2.05) is 18.3 Å². The van der Waals surface area contributed by atoms with E-state index in [1.165, 1.54) is 18.4 Å². The Morgan fingerprint density at radius 3 is 2.75 bits per heavy atom. The van der Waals surface area contributed by atoms with E-state index in [-0.39, 0.29) is 11.5 Å². The average molecular weight is 431 g/mol. The van der Waals surface area contributed by atoms with Crippen LogP contribution in [0.5, 0.6) is 0 Å². The van der Waals surface area contributed by atoms with Crippen LogP contribution in [0.15, 0.2) is 52.5 Å². The molecule has 0 radical (unpaired) electrons. The van der Waals surface area contributed by atoms with Crippen LogP contribution in [0.4, 0.5) is 11.5 Å². The fourth-order valence-corrected chi connectivity index (χ4v) is 4.72. The Morgan fingerprint density at radius 2 is 1.97 bits per heavy atom. The van der Waals surface area contributed by atoms with Crippen molar-refractivity contribution in [2.24, 2.45) is 5.10 Å². The predicted molar refractivity (Wildman–Crippen MR) is 130 cm³/mol. The lowest BCUT2D eigenvalue weighted by Crippen LogP contribution is -2.26. The van der Waals surface area contributed by atoms with Crippen molar-refractivity contribution in [2.75, 3.05) is 31.5 Å². The van der Waals surface area contributed by atoms with Gasteiger partial charge >= 0.3 is 0 Å². The average Bonchev–Trinajstić information content (AvgIpc) is 3.29. The van der Waals surface area contributed by atoms with E-state index in [0.717, 1.165) is 49.4 Å². The van der Waals surface area contributed by atoms with Crippen LogP contribution in [0.1, 0.15) is 49.3 Å². The second kappa shape index (κ2) is 9.12. The Bertz CT molecular complexity index is 1160. The second-order valence-electron chi connectivity index (χ2n) is 8.72. The van der Waals surface area contributed by atoms with Gasteiger partial charge in [-0.3, -0.25) is 9.80 Å². The normalized spacial score (nSPS) is 19.0. The molecule has 0 saturated carbocycles. The molecule has 1 saturated heterocycles. The number of hydrogen-bond donors (Lipinski definition) is 3. The maximum Gasteiger partial charge on any atom is 0.259 e. The number of hydrazone groups is 1. The molecule has 3 aromatic rings. The van der Waals surface area contributed by atoms with Crippen molar-refractivity contribution in [3.8, 4) is 0 Å². The summed E-state index contributed by atoms with van der Waals surface area (Å²) in [4.78, 5) is 20.3. The quantitative estimate of drug-likeness (QED) is 0.552. The molecule has 0 spiro atoms. The van der Waals surface area contributed by atoms with E-state index in [2.05, 4.69) is 56.9 Å². The third-order valence-electron chi connectivity index (χ3n) is 6.44. The van der Waals surface area contributed by atoms with Gasteiger partial charge in [-0.05, 0) is 73.5 Å². The summed E-state index contributed by atoms with van der Waals surface area (Å²) in [7, 11) is 0. The first kappa shape index (κ1) is 20.7. The maximum atomic E-state index is 12.6. The molecule has 166 valence electrons. The fraction of sp³-hybridized carbons (Fsp3) is 0.400. The lowest BCUT2D eigenvalue weighted by molar-refractivity contribution is 0.310. The number of rotatable bonds is 6. The van der Waals surface area contributed by atoms with Crippen LogP contribution >= 0.6 is 0 Å². The van der Waals surface area contributed by atoms with Crippen LogP contribution in [0.25, 0.3) is 10.8 Å². The first-order valence-electron chi connectivity index (χ1n) is 11.6. The minimum absolute atomic E-state index is 0.119. The summed E-state index contributed by atoms with van der Waals surface area (Å²) < 4.78 is 0. The van der Waals surface area contributed by atoms with Crippen molar-refractivity contribution in [3.05, 3.63) is 64.2 Å². The summed E-state index contributed by atoms with van der Waals surface area (Å²) in [6.07, 6.45) is 7.07. The highest BCUT2D eigenvalue weighted by atomic mass is 16.1. The number of pyridine rings is 2. The summed E-state index contributed by atoms with van der Waals surface area (Å²) >= 11 is 0. The molecule has 3 N–H and O–H groups in total. The van der Waals surface area contributed by atoms with Gasteiger partial charge in [-0.2, -0.15) is 5.10 Å². The van der Waals surface area contributed by atoms with Gasteiger partial charge in [0, 0.05) is 31.2 Å². The van der Waals surface area contributed by atoms with Gasteiger partial charge in [0.05, 0.1) is 17.0 Å². The Balaban J connectivity index is 1.45. The highest BCUT2D eigenvalue weighted by Gasteiger charge is 2.22. The molecule has 1 fully saturated rings. The van der Waals surface area contributed by atoms with Crippen molar-refractivity contribution < 1.29 is 0 Å². The van der Waals surface area contributed by atoms with Gasteiger partial charge in [-0.1, -0.05) is 19.1 Å². The fourth-order valence-electron chi connectivity index (χ4n) is 4.72. The summed E-state index contributed by atoms with van der Waals surface area (Å²) in [5, 5.41) is 14.9. The summed E-state index contributed by atoms with van der Waals surface area (Å²) in [5.41, 5.74) is 3.10. The number of benzene rings is 1. The third-order valence-corrected chi connectivity index (χ3v) is 6.44. The van der Waals surface area contributed by atoms with Crippen molar-refractivity contribution in [2.45, 2.75) is 38.0 Å². The van der Waals surface area contributed by atoms with Gasteiger partial charge in [0.2, 0.25) is 0 Å². The summed E-state index contributed by atoms with van der Waals surface area (Å²) in [6, 6.07) is 12.5. The molecule has 1 atom stereocenters. The first-order valence-corrected chi connectivity index (χ1v) is 11.6. The summed E-state index contributed by atoms with van der Waals surface area (Å²) in [6.45, 7) is 6.07. The molecule has 2 aliphatic heterocycles. The molecule has 2 aliphatic rings. The number of aromatic nitrogens is 2. The zero-order chi connectivity index (χ0) is 21.9. The second-order valence-corrected chi connectivity index (χ2v) is 8.72. The van der Waals surface area contributed by atoms with Crippen LogP contribution in [-0.2, 0) is 0 Å². The molecule has 7 nitrogen and oxygen atoms in total. The van der Waals surface area contributed by atoms with Gasteiger partial charge in [0.25, 0.3) is 5.56 Å². The van der Waals surface area contributed by atoms with Gasteiger partial charge in [-0.25, -0.2) is 4.98 Å². The number of piperidine rings is 1. The van der Waals surface area contributed by atoms with Crippen LogP contribution < -0.4 is 16.2 Å². The monoisotopic (exact) mass is 430 g/mol. The Labute approximate surface area is 187 Å². The third kappa shape index (κ3) is 4.25. The largest absolute Gasteiger partial charge is 0.340 e. The predicted octanol–water partition coefficient (Wildman–Crippen LogP) is 3.93. The lowest BCUT2D eigenvalue weighted by atomic mass is 9.90. The smallest absolute Gasteiger partial charge is 0.259 e. The highest BCUT2D eigenvalue weighted by molar-refractivity contribution is 5.93. The molecule has 0 bridgehead atoms. The van der Waals surface area contributed by atoms with Crippen LogP contribution in [0.3, 0.4) is 0 Å². The molecule has 7 heteroatoms. The first-order chi connectivity index (χ1) is 15.7. The van der Waals surface area contributed by atoms with Crippen molar-refractivity contribution in [1.29, 1.82) is 0 Å². The molecule has 0 aliphatic carbocycles. The maximum absolute atomic E-state index is 12.6. The minimum atomic E-state index is -0.136.